The second-order valence-electron chi connectivity index (χ2n) is 4.92. The first-order valence-electron chi connectivity index (χ1n) is 6.64. The topological polar surface area (TPSA) is 25.4 Å². The van der Waals surface area contributed by atoms with Crippen molar-refractivity contribution in [2.24, 2.45) is 5.92 Å². The van der Waals surface area contributed by atoms with E-state index in [1.807, 2.05) is 0 Å². The normalized spacial score (nSPS) is 20.1. The van der Waals surface area contributed by atoms with Crippen molar-refractivity contribution in [3.63, 3.8) is 0 Å². The summed E-state index contributed by atoms with van der Waals surface area (Å²) in [6.07, 6.45) is 7.59. The van der Waals surface area contributed by atoms with Crippen LogP contribution in [0.5, 0.6) is 0 Å². The number of hydrogen-bond acceptors (Lipinski definition) is 3. The molecule has 1 aliphatic rings. The van der Waals surface area contributed by atoms with Crippen LogP contribution in [0.1, 0.15) is 25.7 Å². The summed E-state index contributed by atoms with van der Waals surface area (Å²) in [5, 5.41) is 0. The van der Waals surface area contributed by atoms with Gasteiger partial charge in [0.15, 0.2) is 5.82 Å². The lowest BCUT2D eigenvalue weighted by atomic mass is 9.93. The maximum absolute atomic E-state index is 13.7. The van der Waals surface area contributed by atoms with Gasteiger partial charge in [0.2, 0.25) is 0 Å². The number of hydrogen-bond donors (Lipinski definition) is 0. The average molecular weight is 252 g/mol. The van der Waals surface area contributed by atoms with Crippen LogP contribution in [0, 0.1) is 11.7 Å². The summed E-state index contributed by atoms with van der Waals surface area (Å²) in [5.41, 5.74) is 0.696. The van der Waals surface area contributed by atoms with Gasteiger partial charge >= 0.3 is 0 Å². The molecule has 18 heavy (non-hydrogen) atoms. The Bertz CT molecular complexity index is 373. The number of pyridine rings is 1. The van der Waals surface area contributed by atoms with Crippen molar-refractivity contribution in [3.8, 4) is 0 Å². The Morgan fingerprint density at radius 1 is 1.56 bits per heavy atom. The zero-order valence-electron chi connectivity index (χ0n) is 10.9. The van der Waals surface area contributed by atoms with Gasteiger partial charge in [-0.1, -0.05) is 0 Å². The van der Waals surface area contributed by atoms with Crippen LogP contribution in [0.3, 0.4) is 0 Å². The van der Waals surface area contributed by atoms with Gasteiger partial charge in [0.25, 0.3) is 0 Å². The van der Waals surface area contributed by atoms with Crippen LogP contribution in [0.2, 0.25) is 0 Å². The van der Waals surface area contributed by atoms with Crippen molar-refractivity contribution >= 4 is 5.69 Å². The van der Waals surface area contributed by atoms with Crippen molar-refractivity contribution in [2.75, 3.05) is 31.7 Å². The highest BCUT2D eigenvalue weighted by molar-refractivity contribution is 5.46. The summed E-state index contributed by atoms with van der Waals surface area (Å²) in [6.45, 7) is 2.71. The predicted octanol–water partition coefficient (Wildman–Crippen LogP) is 2.86. The smallest absolute Gasteiger partial charge is 0.164 e. The van der Waals surface area contributed by atoms with E-state index < -0.39 is 0 Å². The van der Waals surface area contributed by atoms with Gasteiger partial charge in [-0.15, -0.1) is 0 Å². The fourth-order valence-electron chi connectivity index (χ4n) is 2.66. The third-order valence-electron chi connectivity index (χ3n) is 3.57. The number of nitrogens with zero attached hydrogens (tertiary/aromatic N) is 2. The monoisotopic (exact) mass is 252 g/mol. The molecule has 1 saturated heterocycles. The predicted molar refractivity (Wildman–Crippen MR) is 70.2 cm³/mol. The molecule has 100 valence electrons. The minimum Gasteiger partial charge on any atom is -0.385 e. The molecule has 0 saturated carbocycles. The molecule has 0 radical (unpaired) electrons. The Morgan fingerprint density at radius 3 is 3.22 bits per heavy atom. The van der Waals surface area contributed by atoms with Gasteiger partial charge in [0.1, 0.15) is 0 Å². The third kappa shape index (κ3) is 3.42. The van der Waals surface area contributed by atoms with E-state index in [0.717, 1.165) is 39.0 Å². The first-order valence-corrected chi connectivity index (χ1v) is 6.64. The highest BCUT2D eigenvalue weighted by Gasteiger charge is 2.21. The zero-order chi connectivity index (χ0) is 12.8. The molecule has 0 spiro atoms. The Hall–Kier alpha value is -1.16. The van der Waals surface area contributed by atoms with E-state index in [0.29, 0.717) is 11.6 Å². The van der Waals surface area contributed by atoms with E-state index in [1.54, 1.807) is 19.4 Å². The van der Waals surface area contributed by atoms with E-state index in [4.69, 9.17) is 4.74 Å². The van der Waals surface area contributed by atoms with Crippen molar-refractivity contribution in [3.05, 3.63) is 24.3 Å². The van der Waals surface area contributed by atoms with E-state index in [1.165, 1.54) is 12.6 Å². The van der Waals surface area contributed by atoms with Gasteiger partial charge in [-0.3, -0.25) is 4.98 Å². The van der Waals surface area contributed by atoms with E-state index in [9.17, 15) is 4.39 Å². The minimum atomic E-state index is -0.213. The molecule has 0 aliphatic carbocycles. The number of halogens is 1. The number of methoxy groups -OCH3 is 1. The van der Waals surface area contributed by atoms with Gasteiger partial charge in [-0.2, -0.15) is 0 Å². The molecule has 1 aromatic rings. The lowest BCUT2D eigenvalue weighted by Gasteiger charge is -2.34. The SMILES string of the molecule is COCCC[C@@H]1CCCN(c2ccncc2F)C1. The fraction of sp³-hybridized carbons (Fsp3) is 0.643. The van der Waals surface area contributed by atoms with Crippen LogP contribution in [0.25, 0.3) is 0 Å². The third-order valence-corrected chi connectivity index (χ3v) is 3.57. The number of rotatable bonds is 5. The first-order chi connectivity index (χ1) is 8.81. The second-order valence-corrected chi connectivity index (χ2v) is 4.92. The highest BCUT2D eigenvalue weighted by Crippen LogP contribution is 2.27. The second kappa shape index (κ2) is 6.69. The summed E-state index contributed by atoms with van der Waals surface area (Å²) in [7, 11) is 1.74. The molecule has 0 bridgehead atoms. The van der Waals surface area contributed by atoms with Crippen molar-refractivity contribution in [2.45, 2.75) is 25.7 Å². The van der Waals surface area contributed by atoms with Gasteiger partial charge in [-0.05, 0) is 37.7 Å². The maximum atomic E-state index is 13.7. The molecule has 1 aliphatic heterocycles. The molecule has 2 heterocycles. The van der Waals surface area contributed by atoms with Crippen molar-refractivity contribution in [1.82, 2.24) is 4.98 Å². The molecule has 1 fully saturated rings. The quantitative estimate of drug-likeness (QED) is 0.753. The van der Waals surface area contributed by atoms with Gasteiger partial charge in [0, 0.05) is 33.0 Å². The van der Waals surface area contributed by atoms with E-state index >= 15 is 0 Å². The van der Waals surface area contributed by atoms with Crippen LogP contribution < -0.4 is 4.90 Å². The van der Waals surface area contributed by atoms with Crippen molar-refractivity contribution < 1.29 is 9.13 Å². The maximum Gasteiger partial charge on any atom is 0.164 e. The Balaban J connectivity index is 1.92. The zero-order valence-corrected chi connectivity index (χ0v) is 10.9. The van der Waals surface area contributed by atoms with Crippen LogP contribution in [-0.4, -0.2) is 31.8 Å². The molecule has 0 N–H and O–H groups in total. The highest BCUT2D eigenvalue weighted by atomic mass is 19.1. The van der Waals surface area contributed by atoms with E-state index in [-0.39, 0.29) is 5.82 Å². The minimum absolute atomic E-state index is 0.213. The number of piperidine rings is 1. The Morgan fingerprint density at radius 2 is 2.44 bits per heavy atom. The van der Waals surface area contributed by atoms with Crippen LogP contribution in [0.4, 0.5) is 10.1 Å². The molecule has 0 aromatic carbocycles. The molecule has 4 heteroatoms. The average Bonchev–Trinajstić information content (AvgIpc) is 2.40. The van der Waals surface area contributed by atoms with Crippen LogP contribution >= 0.6 is 0 Å². The molecule has 3 nitrogen and oxygen atoms in total. The van der Waals surface area contributed by atoms with E-state index in [2.05, 4.69) is 9.88 Å². The molecule has 1 atom stereocenters. The molecular formula is C14H21FN2O. The summed E-state index contributed by atoms with van der Waals surface area (Å²) < 4.78 is 18.8. The van der Waals surface area contributed by atoms with Crippen LogP contribution in [-0.2, 0) is 4.74 Å². The molecule has 0 amide bonds. The molecular weight excluding hydrogens is 231 g/mol. The first kappa shape index (κ1) is 13.3. The largest absolute Gasteiger partial charge is 0.385 e. The molecule has 2 rings (SSSR count). The Labute approximate surface area is 108 Å². The number of anilines is 1. The lowest BCUT2D eigenvalue weighted by Crippen LogP contribution is -2.36. The summed E-state index contributed by atoms with van der Waals surface area (Å²) in [4.78, 5) is 5.95. The van der Waals surface area contributed by atoms with Crippen molar-refractivity contribution in [1.29, 1.82) is 0 Å². The summed E-state index contributed by atoms with van der Waals surface area (Å²) >= 11 is 0. The molecule has 0 unspecified atom stereocenters. The number of aromatic nitrogens is 1. The fourth-order valence-corrected chi connectivity index (χ4v) is 2.66. The van der Waals surface area contributed by atoms with Gasteiger partial charge in [0.05, 0.1) is 11.9 Å². The Kier molecular flexibility index (Phi) is 4.93. The van der Waals surface area contributed by atoms with Crippen LogP contribution in [0.15, 0.2) is 18.5 Å². The molecule has 1 aromatic heterocycles. The van der Waals surface area contributed by atoms with Gasteiger partial charge in [-0.25, -0.2) is 4.39 Å². The van der Waals surface area contributed by atoms with Gasteiger partial charge < -0.3 is 9.64 Å². The lowest BCUT2D eigenvalue weighted by molar-refractivity contribution is 0.184. The standard InChI is InChI=1S/C14H21FN2O/c1-18-9-3-5-12-4-2-8-17(11-12)14-6-7-16-10-13(14)15/h6-7,10,12H,2-5,8-9,11H2,1H3/t12-/m0/s1. The summed E-state index contributed by atoms with van der Waals surface area (Å²) in [6, 6.07) is 1.77. The summed E-state index contributed by atoms with van der Waals surface area (Å²) in [5.74, 6) is 0.441. The number of ether oxygens (including phenoxy) is 1.